The number of hydrogen-bond acceptors (Lipinski definition) is 4. The lowest BCUT2D eigenvalue weighted by Crippen LogP contribution is -2.37. The molecule has 0 aliphatic heterocycles. The van der Waals surface area contributed by atoms with Crippen LogP contribution in [0.25, 0.3) is 0 Å². The second-order valence-electron chi connectivity index (χ2n) is 8.11. The van der Waals surface area contributed by atoms with Crippen molar-refractivity contribution in [2.24, 2.45) is 5.73 Å². The molecule has 184 valence electrons. The Bertz CT molecular complexity index is 803. The SMILES string of the molecule is CCCCCC(=O)NCC(=O)NCCCc1ccccc1OC(C)CN.Cc1ccccc1.[HH]. The monoisotopic (exact) mass is 457 g/mol. The van der Waals surface area contributed by atoms with Gasteiger partial charge in [-0.3, -0.25) is 9.59 Å². The van der Waals surface area contributed by atoms with Gasteiger partial charge in [0.15, 0.2) is 0 Å². The van der Waals surface area contributed by atoms with Gasteiger partial charge in [-0.05, 0) is 44.7 Å². The molecule has 0 radical (unpaired) electrons. The number of hydrogen-bond donors (Lipinski definition) is 3. The zero-order valence-corrected chi connectivity index (χ0v) is 20.4. The summed E-state index contributed by atoms with van der Waals surface area (Å²) >= 11 is 0. The van der Waals surface area contributed by atoms with Crippen LogP contribution in [0.2, 0.25) is 0 Å². The molecule has 6 nitrogen and oxygen atoms in total. The first-order valence-corrected chi connectivity index (χ1v) is 12.0. The lowest BCUT2D eigenvalue weighted by atomic mass is 10.1. The Morgan fingerprint density at radius 3 is 2.30 bits per heavy atom. The van der Waals surface area contributed by atoms with Crippen LogP contribution in [0.1, 0.15) is 58.5 Å². The average molecular weight is 458 g/mol. The van der Waals surface area contributed by atoms with Crippen molar-refractivity contribution in [3.05, 3.63) is 65.7 Å². The molecule has 2 aromatic rings. The molecule has 0 spiro atoms. The fraction of sp³-hybridized carbons (Fsp3) is 0.481. The Labute approximate surface area is 200 Å². The van der Waals surface area contributed by atoms with E-state index in [-0.39, 0.29) is 25.9 Å². The summed E-state index contributed by atoms with van der Waals surface area (Å²) < 4.78 is 5.82. The largest absolute Gasteiger partial charge is 0.489 e. The zero-order chi connectivity index (χ0) is 24.3. The van der Waals surface area contributed by atoms with Crippen molar-refractivity contribution in [1.29, 1.82) is 0 Å². The van der Waals surface area contributed by atoms with Crippen LogP contribution in [0.3, 0.4) is 0 Å². The highest BCUT2D eigenvalue weighted by atomic mass is 16.5. The van der Waals surface area contributed by atoms with Gasteiger partial charge in [0.2, 0.25) is 11.8 Å². The van der Waals surface area contributed by atoms with Crippen molar-refractivity contribution in [2.75, 3.05) is 19.6 Å². The average Bonchev–Trinajstić information content (AvgIpc) is 2.82. The van der Waals surface area contributed by atoms with Crippen molar-refractivity contribution in [1.82, 2.24) is 10.6 Å². The van der Waals surface area contributed by atoms with E-state index in [2.05, 4.69) is 36.6 Å². The molecule has 2 amide bonds. The van der Waals surface area contributed by atoms with E-state index in [4.69, 9.17) is 10.5 Å². The van der Waals surface area contributed by atoms with E-state index in [1.54, 1.807) is 0 Å². The normalized spacial score (nSPS) is 11.0. The first-order chi connectivity index (χ1) is 16.0. The summed E-state index contributed by atoms with van der Waals surface area (Å²) in [6, 6.07) is 18.1. The third-order valence-electron chi connectivity index (χ3n) is 4.97. The second-order valence-corrected chi connectivity index (χ2v) is 8.11. The number of benzene rings is 2. The summed E-state index contributed by atoms with van der Waals surface area (Å²) in [5, 5.41) is 5.49. The molecule has 0 aliphatic carbocycles. The minimum atomic E-state index is -0.157. The molecule has 1 atom stereocenters. The number of amides is 2. The Balaban J connectivity index is 0.00000116. The lowest BCUT2D eigenvalue weighted by Gasteiger charge is -2.16. The molecule has 0 aliphatic rings. The zero-order valence-electron chi connectivity index (χ0n) is 20.4. The molecule has 0 saturated heterocycles. The van der Waals surface area contributed by atoms with E-state index in [0.717, 1.165) is 43.4 Å². The van der Waals surface area contributed by atoms with E-state index in [1.165, 1.54) is 5.56 Å². The van der Waals surface area contributed by atoms with Gasteiger partial charge in [-0.15, -0.1) is 0 Å². The number of carbonyl (C=O) groups excluding carboxylic acids is 2. The van der Waals surface area contributed by atoms with Crippen LogP contribution in [-0.4, -0.2) is 37.6 Å². The van der Waals surface area contributed by atoms with Gasteiger partial charge >= 0.3 is 0 Å². The number of unbranched alkanes of at least 4 members (excludes halogenated alkanes) is 2. The quantitative estimate of drug-likeness (QED) is 0.389. The highest BCUT2D eigenvalue weighted by Gasteiger charge is 2.08. The third-order valence-corrected chi connectivity index (χ3v) is 4.97. The third kappa shape index (κ3) is 14.0. The summed E-state index contributed by atoms with van der Waals surface area (Å²) in [7, 11) is 0. The van der Waals surface area contributed by atoms with Gasteiger partial charge in [-0.2, -0.15) is 0 Å². The highest BCUT2D eigenvalue weighted by molar-refractivity contribution is 5.84. The van der Waals surface area contributed by atoms with Gasteiger partial charge in [-0.1, -0.05) is 73.9 Å². The van der Waals surface area contributed by atoms with Crippen molar-refractivity contribution >= 4 is 11.8 Å². The Kier molecular flexibility index (Phi) is 15.1. The standard InChI is InChI=1S/C20H33N3O3.C7H8.H2/c1-3-4-5-12-19(24)23-15-20(25)22-13-8-10-17-9-6-7-11-18(17)26-16(2)14-21;1-7-5-3-2-4-6-7;/h6-7,9,11,16H,3-5,8,10,12-15,21H2,1-2H3,(H,22,25)(H,23,24);2-6H,1H3;1H. The molecule has 0 bridgehead atoms. The van der Waals surface area contributed by atoms with Crippen molar-refractivity contribution < 1.29 is 15.8 Å². The number of aryl methyl sites for hydroxylation is 2. The highest BCUT2D eigenvalue weighted by Crippen LogP contribution is 2.20. The van der Waals surface area contributed by atoms with Crippen LogP contribution < -0.4 is 21.1 Å². The molecule has 1 unspecified atom stereocenters. The smallest absolute Gasteiger partial charge is 0.239 e. The van der Waals surface area contributed by atoms with Gasteiger partial charge in [-0.25, -0.2) is 0 Å². The van der Waals surface area contributed by atoms with Crippen LogP contribution in [0.4, 0.5) is 0 Å². The Morgan fingerprint density at radius 2 is 1.67 bits per heavy atom. The number of rotatable bonds is 13. The molecule has 0 fully saturated rings. The molecule has 2 rings (SSSR count). The molecular formula is C27H43N3O3. The van der Waals surface area contributed by atoms with Gasteiger partial charge < -0.3 is 21.1 Å². The van der Waals surface area contributed by atoms with Crippen LogP contribution in [0, 0.1) is 6.92 Å². The summed E-state index contributed by atoms with van der Waals surface area (Å²) in [6.45, 7) is 7.18. The molecule has 4 N–H and O–H groups in total. The maximum absolute atomic E-state index is 11.8. The predicted octanol–water partition coefficient (Wildman–Crippen LogP) is 4.40. The summed E-state index contributed by atoms with van der Waals surface area (Å²) in [4.78, 5) is 23.3. The lowest BCUT2D eigenvalue weighted by molar-refractivity contribution is -0.126. The molecule has 0 saturated carbocycles. The van der Waals surface area contributed by atoms with E-state index in [9.17, 15) is 9.59 Å². The summed E-state index contributed by atoms with van der Waals surface area (Å²) in [5.74, 6) is 0.625. The number of nitrogens with one attached hydrogen (secondary N) is 2. The first kappa shape index (κ1) is 28.2. The predicted molar refractivity (Wildman–Crippen MR) is 137 cm³/mol. The molecule has 0 heterocycles. The molecule has 6 heteroatoms. The number of ether oxygens (including phenoxy) is 1. The second kappa shape index (κ2) is 17.7. The maximum Gasteiger partial charge on any atom is 0.239 e. The molecule has 0 aromatic heterocycles. The van der Waals surface area contributed by atoms with Crippen molar-refractivity contribution in [3.63, 3.8) is 0 Å². The van der Waals surface area contributed by atoms with Crippen LogP contribution in [0.15, 0.2) is 54.6 Å². The van der Waals surface area contributed by atoms with Crippen LogP contribution >= 0.6 is 0 Å². The van der Waals surface area contributed by atoms with Crippen LogP contribution in [0.5, 0.6) is 5.75 Å². The fourth-order valence-electron chi connectivity index (χ4n) is 3.00. The van der Waals surface area contributed by atoms with E-state index in [0.29, 0.717) is 19.5 Å². The number of para-hydroxylation sites is 1. The van der Waals surface area contributed by atoms with Crippen molar-refractivity contribution in [2.45, 2.75) is 65.4 Å². The molecule has 33 heavy (non-hydrogen) atoms. The summed E-state index contributed by atoms with van der Waals surface area (Å²) in [5.41, 5.74) is 8.03. The fourth-order valence-corrected chi connectivity index (χ4v) is 3.00. The number of carbonyl (C=O) groups is 2. The van der Waals surface area contributed by atoms with E-state index in [1.807, 2.05) is 49.4 Å². The minimum Gasteiger partial charge on any atom is -0.489 e. The molecular weight excluding hydrogens is 414 g/mol. The summed E-state index contributed by atoms with van der Waals surface area (Å²) in [6.07, 6.45) is 5.04. The Hall–Kier alpha value is -2.86. The van der Waals surface area contributed by atoms with E-state index < -0.39 is 0 Å². The van der Waals surface area contributed by atoms with Gasteiger partial charge in [0.1, 0.15) is 11.9 Å². The van der Waals surface area contributed by atoms with Gasteiger partial charge in [0.05, 0.1) is 6.54 Å². The molecule has 2 aromatic carbocycles. The van der Waals surface area contributed by atoms with Crippen molar-refractivity contribution in [3.8, 4) is 5.75 Å². The van der Waals surface area contributed by atoms with E-state index >= 15 is 0 Å². The minimum absolute atomic E-state index is 0. The Morgan fingerprint density at radius 1 is 0.970 bits per heavy atom. The van der Waals surface area contributed by atoms with Gasteiger partial charge in [0.25, 0.3) is 0 Å². The van der Waals surface area contributed by atoms with Crippen LogP contribution in [-0.2, 0) is 16.0 Å². The van der Waals surface area contributed by atoms with Gasteiger partial charge in [0, 0.05) is 20.9 Å². The first-order valence-electron chi connectivity index (χ1n) is 12.0. The topological polar surface area (TPSA) is 93.5 Å². The number of nitrogens with two attached hydrogens (primary N) is 1. The maximum atomic E-state index is 11.8.